The van der Waals surface area contributed by atoms with Gasteiger partial charge >= 0.3 is 0 Å². The molecule has 0 aliphatic rings. The number of rotatable bonds is 4. The van der Waals surface area contributed by atoms with E-state index in [1.165, 1.54) is 11.1 Å². The molecule has 0 aromatic carbocycles. The van der Waals surface area contributed by atoms with Crippen LogP contribution in [-0.2, 0) is 20.0 Å². The molecule has 106 valence electrons. The zero-order chi connectivity index (χ0) is 14.3. The van der Waals surface area contributed by atoms with Crippen LogP contribution in [0.1, 0.15) is 22.6 Å². The Balaban J connectivity index is 2.15. The van der Waals surface area contributed by atoms with Crippen LogP contribution in [0.4, 0.5) is 0 Å². The molecule has 20 heavy (non-hydrogen) atoms. The van der Waals surface area contributed by atoms with Gasteiger partial charge in [-0.15, -0.1) is 11.6 Å². The smallest absolute Gasteiger partial charge is 0.158 e. The maximum absolute atomic E-state index is 5.92. The van der Waals surface area contributed by atoms with Crippen molar-refractivity contribution >= 4 is 34.1 Å². The molecule has 6 heteroatoms. The van der Waals surface area contributed by atoms with E-state index in [9.17, 15) is 0 Å². The predicted molar refractivity (Wildman–Crippen MR) is 83.8 cm³/mol. The highest BCUT2D eigenvalue weighted by Crippen LogP contribution is 2.23. The molecule has 0 atom stereocenters. The molecule has 3 aromatic heterocycles. The number of hydrogen-bond acceptors (Lipinski definition) is 3. The summed E-state index contributed by atoms with van der Waals surface area (Å²) in [5.74, 6) is 1.62. The molecule has 0 aliphatic carbocycles. The third kappa shape index (κ3) is 2.15. The lowest BCUT2D eigenvalue weighted by atomic mass is 10.2. The predicted octanol–water partition coefficient (Wildman–Crippen LogP) is 3.28. The van der Waals surface area contributed by atoms with Crippen LogP contribution >= 0.6 is 22.9 Å². The Morgan fingerprint density at radius 3 is 2.75 bits per heavy atom. The van der Waals surface area contributed by atoms with E-state index < -0.39 is 0 Å². The average molecular weight is 309 g/mol. The van der Waals surface area contributed by atoms with Gasteiger partial charge in [-0.05, 0) is 35.7 Å². The van der Waals surface area contributed by atoms with Crippen LogP contribution in [0.15, 0.2) is 10.8 Å². The van der Waals surface area contributed by atoms with Gasteiger partial charge < -0.3 is 4.57 Å². The van der Waals surface area contributed by atoms with Crippen LogP contribution in [0.2, 0.25) is 0 Å². The number of nitrogens with zero attached hydrogens (tertiary/aromatic N) is 4. The molecule has 3 heterocycles. The van der Waals surface area contributed by atoms with Crippen molar-refractivity contribution in [3.05, 3.63) is 33.4 Å². The minimum absolute atomic E-state index is 0.582. The number of alkyl halides is 1. The average Bonchev–Trinajstić information content (AvgIpc) is 3.03. The third-order valence-corrected chi connectivity index (χ3v) is 4.68. The molecule has 4 nitrogen and oxygen atoms in total. The Labute approximate surface area is 127 Å². The quantitative estimate of drug-likeness (QED) is 0.693. The lowest BCUT2D eigenvalue weighted by Gasteiger charge is -2.09. The van der Waals surface area contributed by atoms with Crippen molar-refractivity contribution in [2.45, 2.75) is 26.8 Å². The monoisotopic (exact) mass is 308 g/mol. The lowest BCUT2D eigenvalue weighted by molar-refractivity contribution is 0.691. The molecule has 0 saturated heterocycles. The fourth-order valence-electron chi connectivity index (χ4n) is 2.54. The summed E-state index contributed by atoms with van der Waals surface area (Å²) in [6.07, 6.45) is 0.777. The van der Waals surface area contributed by atoms with Gasteiger partial charge in [0.15, 0.2) is 5.65 Å². The maximum Gasteiger partial charge on any atom is 0.158 e. The second-order valence-electron chi connectivity index (χ2n) is 5.01. The van der Waals surface area contributed by atoms with Crippen molar-refractivity contribution in [3.8, 4) is 0 Å². The van der Waals surface area contributed by atoms with Gasteiger partial charge in [0.2, 0.25) is 0 Å². The van der Waals surface area contributed by atoms with E-state index in [-0.39, 0.29) is 0 Å². The third-order valence-electron chi connectivity index (χ3n) is 3.58. The van der Waals surface area contributed by atoms with Crippen molar-refractivity contribution in [1.82, 2.24) is 19.3 Å². The SMILES string of the molecule is Cc1cscc1Cn1c(CCCl)nc2c(C)nn(C)c21. The van der Waals surface area contributed by atoms with Gasteiger partial charge in [-0.3, -0.25) is 4.68 Å². The van der Waals surface area contributed by atoms with Gasteiger partial charge in [-0.1, -0.05) is 0 Å². The number of aromatic nitrogens is 4. The normalized spacial score (nSPS) is 11.6. The highest BCUT2D eigenvalue weighted by molar-refractivity contribution is 7.08. The highest BCUT2D eigenvalue weighted by Gasteiger charge is 2.17. The minimum Gasteiger partial charge on any atom is -0.308 e. The first-order valence-corrected chi connectivity index (χ1v) is 8.06. The topological polar surface area (TPSA) is 35.6 Å². The van der Waals surface area contributed by atoms with Crippen LogP contribution in [0.25, 0.3) is 11.2 Å². The number of fused-ring (bicyclic) bond motifs is 1. The van der Waals surface area contributed by atoms with Crippen molar-refractivity contribution in [2.75, 3.05) is 5.88 Å². The highest BCUT2D eigenvalue weighted by atomic mass is 35.5. The van der Waals surface area contributed by atoms with Gasteiger partial charge in [-0.2, -0.15) is 16.4 Å². The summed E-state index contributed by atoms with van der Waals surface area (Å²) >= 11 is 7.66. The fraction of sp³-hybridized carbons (Fsp3) is 0.429. The number of thiophene rings is 1. The van der Waals surface area contributed by atoms with Gasteiger partial charge in [-0.25, -0.2) is 4.98 Å². The first-order chi connectivity index (χ1) is 9.61. The maximum atomic E-state index is 5.92. The fourth-order valence-corrected chi connectivity index (χ4v) is 3.56. The van der Waals surface area contributed by atoms with Gasteiger partial charge in [0.05, 0.1) is 12.2 Å². The Morgan fingerprint density at radius 1 is 1.30 bits per heavy atom. The Kier molecular flexibility index (Phi) is 3.56. The van der Waals surface area contributed by atoms with E-state index in [0.29, 0.717) is 5.88 Å². The van der Waals surface area contributed by atoms with Crippen LogP contribution in [0, 0.1) is 13.8 Å². The lowest BCUT2D eigenvalue weighted by Crippen LogP contribution is -2.09. The summed E-state index contributed by atoms with van der Waals surface area (Å²) in [6, 6.07) is 0. The number of imidazole rings is 1. The first kappa shape index (κ1) is 13.6. The Morgan fingerprint density at radius 2 is 2.10 bits per heavy atom. The molecule has 0 aliphatic heterocycles. The molecule has 3 aromatic rings. The molecular weight excluding hydrogens is 292 g/mol. The molecule has 0 unspecified atom stereocenters. The van der Waals surface area contributed by atoms with Crippen molar-refractivity contribution in [1.29, 1.82) is 0 Å². The van der Waals surface area contributed by atoms with Gasteiger partial charge in [0, 0.05) is 19.3 Å². The summed E-state index contributed by atoms with van der Waals surface area (Å²) in [5, 5.41) is 8.85. The Bertz CT molecular complexity index is 753. The van der Waals surface area contributed by atoms with Gasteiger partial charge in [0.1, 0.15) is 11.3 Å². The van der Waals surface area contributed by atoms with E-state index in [0.717, 1.165) is 35.6 Å². The van der Waals surface area contributed by atoms with Crippen LogP contribution < -0.4 is 0 Å². The minimum atomic E-state index is 0.582. The van der Waals surface area contributed by atoms with E-state index in [1.807, 2.05) is 18.7 Å². The first-order valence-electron chi connectivity index (χ1n) is 6.58. The van der Waals surface area contributed by atoms with Crippen LogP contribution in [0.5, 0.6) is 0 Å². The van der Waals surface area contributed by atoms with E-state index >= 15 is 0 Å². The second-order valence-corrected chi connectivity index (χ2v) is 6.14. The van der Waals surface area contributed by atoms with Crippen LogP contribution in [-0.4, -0.2) is 25.2 Å². The standard InChI is InChI=1S/C14H17ClN4S/c1-9-7-20-8-11(9)6-19-12(4-5-15)16-13-10(2)17-18(3)14(13)19/h7-8H,4-6H2,1-3H3. The summed E-state index contributed by atoms with van der Waals surface area (Å²) in [6.45, 7) is 4.98. The summed E-state index contributed by atoms with van der Waals surface area (Å²) in [7, 11) is 1.97. The zero-order valence-electron chi connectivity index (χ0n) is 11.9. The molecule has 0 saturated carbocycles. The molecule has 0 spiro atoms. The van der Waals surface area contributed by atoms with Crippen molar-refractivity contribution in [2.24, 2.45) is 7.05 Å². The van der Waals surface area contributed by atoms with Crippen molar-refractivity contribution in [3.63, 3.8) is 0 Å². The summed E-state index contributed by atoms with van der Waals surface area (Å²) in [4.78, 5) is 4.73. The molecule has 0 N–H and O–H groups in total. The number of hydrogen-bond donors (Lipinski definition) is 0. The van der Waals surface area contributed by atoms with Gasteiger partial charge in [0.25, 0.3) is 0 Å². The second kappa shape index (κ2) is 5.22. The Hall–Kier alpha value is -1.33. The summed E-state index contributed by atoms with van der Waals surface area (Å²) in [5.41, 5.74) is 5.70. The molecular formula is C14H17ClN4S. The number of halogens is 1. The van der Waals surface area contributed by atoms with E-state index in [1.54, 1.807) is 11.3 Å². The van der Waals surface area contributed by atoms with E-state index in [4.69, 9.17) is 16.6 Å². The zero-order valence-corrected chi connectivity index (χ0v) is 13.4. The largest absolute Gasteiger partial charge is 0.308 e. The number of aryl methyl sites for hydroxylation is 4. The molecule has 0 fully saturated rings. The molecule has 3 rings (SSSR count). The molecule has 0 radical (unpaired) electrons. The summed E-state index contributed by atoms with van der Waals surface area (Å²) < 4.78 is 4.16. The molecule has 0 amide bonds. The van der Waals surface area contributed by atoms with E-state index in [2.05, 4.69) is 27.3 Å². The van der Waals surface area contributed by atoms with Crippen LogP contribution in [0.3, 0.4) is 0 Å². The molecule has 0 bridgehead atoms. The van der Waals surface area contributed by atoms with Crippen molar-refractivity contribution < 1.29 is 0 Å².